The van der Waals surface area contributed by atoms with Crippen molar-refractivity contribution in [3.63, 3.8) is 0 Å². The van der Waals surface area contributed by atoms with Crippen molar-refractivity contribution in [1.82, 2.24) is 5.32 Å². The molecule has 144 valence electrons. The van der Waals surface area contributed by atoms with E-state index in [-0.39, 0.29) is 6.10 Å². The number of hydrogen-bond acceptors (Lipinski definition) is 3. The van der Waals surface area contributed by atoms with Crippen molar-refractivity contribution >= 4 is 0 Å². The highest BCUT2D eigenvalue weighted by molar-refractivity contribution is 5.44. The third kappa shape index (κ3) is 4.20. The Morgan fingerprint density at radius 2 is 1.78 bits per heavy atom. The molecule has 2 aliphatic carbocycles. The minimum absolute atomic E-state index is 0.283. The highest BCUT2D eigenvalue weighted by atomic mass is 16.5. The molecule has 4 rings (SSSR count). The first-order valence-electron chi connectivity index (χ1n) is 10.5. The number of methoxy groups -OCH3 is 1. The monoisotopic (exact) mass is 365 g/mol. The number of benzene rings is 2. The van der Waals surface area contributed by atoms with Crippen LogP contribution in [0.1, 0.15) is 66.5 Å². The molecule has 2 aromatic rings. The van der Waals surface area contributed by atoms with E-state index in [0.717, 1.165) is 38.2 Å². The van der Waals surface area contributed by atoms with Crippen LogP contribution in [0, 0.1) is 0 Å². The average molecular weight is 366 g/mol. The molecule has 3 nitrogen and oxygen atoms in total. The summed E-state index contributed by atoms with van der Waals surface area (Å²) in [5.74, 6) is 1.03. The van der Waals surface area contributed by atoms with Crippen molar-refractivity contribution in [2.24, 2.45) is 0 Å². The zero-order valence-electron chi connectivity index (χ0n) is 16.4. The van der Waals surface area contributed by atoms with Crippen molar-refractivity contribution in [2.75, 3.05) is 20.3 Å². The molecule has 0 aliphatic heterocycles. The third-order valence-corrected chi connectivity index (χ3v) is 6.01. The molecule has 2 aliphatic rings. The number of hydrogen-bond donors (Lipinski definition) is 1. The van der Waals surface area contributed by atoms with Gasteiger partial charge in [-0.3, -0.25) is 0 Å². The number of nitrogens with one attached hydrogen (secondary N) is 1. The zero-order chi connectivity index (χ0) is 18.5. The molecule has 2 unspecified atom stereocenters. The van der Waals surface area contributed by atoms with E-state index < -0.39 is 0 Å². The first-order valence-corrected chi connectivity index (χ1v) is 10.5. The minimum atomic E-state index is 0.283. The SMILES string of the molecule is COc1cccc2c1C(NCCCOC1CCCc3ccccc31)CCC2. The Bertz CT molecular complexity index is 744. The van der Waals surface area contributed by atoms with Gasteiger partial charge in [0.15, 0.2) is 0 Å². The Labute approximate surface area is 163 Å². The Hall–Kier alpha value is -1.84. The molecular weight excluding hydrogens is 334 g/mol. The Morgan fingerprint density at radius 3 is 2.70 bits per heavy atom. The molecule has 2 aromatic carbocycles. The lowest BCUT2D eigenvalue weighted by Crippen LogP contribution is -2.27. The summed E-state index contributed by atoms with van der Waals surface area (Å²) < 4.78 is 11.9. The lowest BCUT2D eigenvalue weighted by atomic mass is 9.87. The molecular formula is C24H31NO2. The average Bonchev–Trinajstić information content (AvgIpc) is 2.73. The molecule has 0 saturated carbocycles. The summed E-state index contributed by atoms with van der Waals surface area (Å²) in [5, 5.41) is 3.75. The minimum Gasteiger partial charge on any atom is -0.496 e. The topological polar surface area (TPSA) is 30.5 Å². The Morgan fingerprint density at radius 1 is 0.963 bits per heavy atom. The fourth-order valence-electron chi connectivity index (χ4n) is 4.68. The normalized spacial score (nSPS) is 21.4. The first-order chi connectivity index (χ1) is 13.4. The molecule has 0 aromatic heterocycles. The van der Waals surface area contributed by atoms with Gasteiger partial charge in [-0.25, -0.2) is 0 Å². The quantitative estimate of drug-likeness (QED) is 0.689. The maximum absolute atomic E-state index is 6.25. The molecule has 0 bridgehead atoms. The van der Waals surface area contributed by atoms with E-state index in [4.69, 9.17) is 9.47 Å². The van der Waals surface area contributed by atoms with Crippen LogP contribution in [0.2, 0.25) is 0 Å². The van der Waals surface area contributed by atoms with E-state index in [1.165, 1.54) is 47.9 Å². The standard InChI is InChI=1S/C24H31NO2/c1-26-23-15-6-11-19-10-4-13-21(24(19)23)25-16-7-17-27-22-14-5-9-18-8-2-3-12-20(18)22/h2-3,6,8,11-12,15,21-22,25H,4-5,7,9-10,13-14,16-17H2,1H3. The lowest BCUT2D eigenvalue weighted by molar-refractivity contribution is 0.0390. The van der Waals surface area contributed by atoms with Crippen LogP contribution in [0.15, 0.2) is 42.5 Å². The van der Waals surface area contributed by atoms with Crippen molar-refractivity contribution in [3.05, 3.63) is 64.7 Å². The number of rotatable bonds is 7. The fourth-order valence-corrected chi connectivity index (χ4v) is 4.68. The maximum Gasteiger partial charge on any atom is 0.123 e. The van der Waals surface area contributed by atoms with E-state index in [1.807, 2.05) is 0 Å². The van der Waals surface area contributed by atoms with Gasteiger partial charge < -0.3 is 14.8 Å². The Kier molecular flexibility index (Phi) is 6.10. The highest BCUT2D eigenvalue weighted by Gasteiger charge is 2.23. The van der Waals surface area contributed by atoms with Gasteiger partial charge >= 0.3 is 0 Å². The molecule has 0 heterocycles. The summed E-state index contributed by atoms with van der Waals surface area (Å²) in [6, 6.07) is 15.6. The summed E-state index contributed by atoms with van der Waals surface area (Å²) in [4.78, 5) is 0. The zero-order valence-corrected chi connectivity index (χ0v) is 16.4. The van der Waals surface area contributed by atoms with Gasteiger partial charge in [-0.15, -0.1) is 0 Å². The molecule has 0 radical (unpaired) electrons. The lowest BCUT2D eigenvalue weighted by Gasteiger charge is -2.28. The molecule has 1 N–H and O–H groups in total. The van der Waals surface area contributed by atoms with E-state index >= 15 is 0 Å². The first kappa shape index (κ1) is 18.5. The molecule has 0 amide bonds. The van der Waals surface area contributed by atoms with Gasteiger partial charge in [0, 0.05) is 18.2 Å². The molecule has 27 heavy (non-hydrogen) atoms. The number of fused-ring (bicyclic) bond motifs is 2. The van der Waals surface area contributed by atoms with Gasteiger partial charge in [0.25, 0.3) is 0 Å². The van der Waals surface area contributed by atoms with Crippen LogP contribution in [0.5, 0.6) is 5.75 Å². The fraction of sp³-hybridized carbons (Fsp3) is 0.500. The van der Waals surface area contributed by atoms with Crippen LogP contribution in [0.4, 0.5) is 0 Å². The van der Waals surface area contributed by atoms with Crippen molar-refractivity contribution in [1.29, 1.82) is 0 Å². The van der Waals surface area contributed by atoms with Gasteiger partial charge in [-0.1, -0.05) is 36.4 Å². The van der Waals surface area contributed by atoms with Crippen LogP contribution < -0.4 is 10.1 Å². The van der Waals surface area contributed by atoms with E-state index in [0.29, 0.717) is 6.04 Å². The number of aryl methyl sites for hydroxylation is 2. The summed E-state index contributed by atoms with van der Waals surface area (Å²) in [5.41, 5.74) is 5.68. The summed E-state index contributed by atoms with van der Waals surface area (Å²) >= 11 is 0. The van der Waals surface area contributed by atoms with Gasteiger partial charge in [0.05, 0.1) is 13.2 Å². The van der Waals surface area contributed by atoms with Crippen LogP contribution in [-0.2, 0) is 17.6 Å². The Balaban J connectivity index is 1.28. The second-order valence-corrected chi connectivity index (χ2v) is 7.74. The second-order valence-electron chi connectivity index (χ2n) is 7.74. The van der Waals surface area contributed by atoms with Crippen LogP contribution in [-0.4, -0.2) is 20.3 Å². The molecule has 0 saturated heterocycles. The molecule has 0 spiro atoms. The van der Waals surface area contributed by atoms with E-state index in [1.54, 1.807) is 7.11 Å². The van der Waals surface area contributed by atoms with Crippen LogP contribution in [0.25, 0.3) is 0 Å². The van der Waals surface area contributed by atoms with Gasteiger partial charge in [0.1, 0.15) is 5.75 Å². The second kappa shape index (κ2) is 8.90. The third-order valence-electron chi connectivity index (χ3n) is 6.01. The van der Waals surface area contributed by atoms with Crippen molar-refractivity contribution < 1.29 is 9.47 Å². The summed E-state index contributed by atoms with van der Waals surface area (Å²) in [6.45, 7) is 1.80. The van der Waals surface area contributed by atoms with Crippen molar-refractivity contribution in [3.8, 4) is 5.75 Å². The molecule has 3 heteroatoms. The predicted octanol–water partition coefficient (Wildman–Crippen LogP) is 5.15. The molecule has 0 fully saturated rings. The van der Waals surface area contributed by atoms with Crippen molar-refractivity contribution in [2.45, 2.75) is 57.1 Å². The number of ether oxygens (including phenoxy) is 2. The smallest absolute Gasteiger partial charge is 0.123 e. The van der Waals surface area contributed by atoms with Gasteiger partial charge in [-0.2, -0.15) is 0 Å². The summed E-state index contributed by atoms with van der Waals surface area (Å²) in [6.07, 6.45) is 8.49. The van der Waals surface area contributed by atoms with Crippen LogP contribution in [0.3, 0.4) is 0 Å². The summed E-state index contributed by atoms with van der Waals surface area (Å²) in [7, 11) is 1.77. The van der Waals surface area contributed by atoms with Crippen LogP contribution >= 0.6 is 0 Å². The highest BCUT2D eigenvalue weighted by Crippen LogP contribution is 2.36. The van der Waals surface area contributed by atoms with E-state index in [2.05, 4.69) is 47.8 Å². The largest absolute Gasteiger partial charge is 0.496 e. The molecule has 2 atom stereocenters. The van der Waals surface area contributed by atoms with Gasteiger partial charge in [-0.05, 0) is 74.2 Å². The van der Waals surface area contributed by atoms with E-state index in [9.17, 15) is 0 Å². The predicted molar refractivity (Wildman–Crippen MR) is 109 cm³/mol. The maximum atomic E-state index is 6.25. The van der Waals surface area contributed by atoms with Gasteiger partial charge in [0.2, 0.25) is 0 Å².